The number of aryl methyl sites for hydroxylation is 2. The average molecular weight is 389 g/mol. The Labute approximate surface area is 169 Å². The molecule has 1 aromatic heterocycles. The molecule has 0 aliphatic heterocycles. The van der Waals surface area contributed by atoms with Crippen molar-refractivity contribution < 1.29 is 14.3 Å². The van der Waals surface area contributed by atoms with E-state index < -0.39 is 5.97 Å². The zero-order chi connectivity index (χ0) is 20.8. The Morgan fingerprint density at radius 2 is 1.79 bits per heavy atom. The lowest BCUT2D eigenvalue weighted by molar-refractivity contribution is 0.0527. The normalized spacial score (nSPS) is 10.3. The molecule has 29 heavy (non-hydrogen) atoms. The maximum Gasteiger partial charge on any atom is 0.340 e. The molecule has 0 fully saturated rings. The highest BCUT2D eigenvalue weighted by atomic mass is 16.5. The number of nitrogens with one attached hydrogen (secondary N) is 2. The Morgan fingerprint density at radius 1 is 1.00 bits per heavy atom. The van der Waals surface area contributed by atoms with Crippen molar-refractivity contribution >= 4 is 29.1 Å². The van der Waals surface area contributed by atoms with Crippen LogP contribution in [0.5, 0.6) is 0 Å². The van der Waals surface area contributed by atoms with Gasteiger partial charge in [-0.05, 0) is 62.2 Å². The van der Waals surface area contributed by atoms with Gasteiger partial charge in [0.25, 0.3) is 5.91 Å². The largest absolute Gasteiger partial charge is 0.462 e. The molecule has 0 unspecified atom stereocenters. The van der Waals surface area contributed by atoms with E-state index in [0.29, 0.717) is 22.6 Å². The first-order chi connectivity index (χ1) is 14.0. The molecule has 6 nitrogen and oxygen atoms in total. The minimum absolute atomic E-state index is 0.263. The number of ether oxygens (including phenoxy) is 1. The minimum Gasteiger partial charge on any atom is -0.462 e. The summed E-state index contributed by atoms with van der Waals surface area (Å²) in [5, 5.41) is 6.04. The Kier molecular flexibility index (Phi) is 6.24. The van der Waals surface area contributed by atoms with E-state index in [4.69, 9.17) is 4.74 Å². The zero-order valence-electron chi connectivity index (χ0n) is 16.7. The molecule has 0 saturated carbocycles. The fourth-order valence-corrected chi connectivity index (χ4v) is 2.82. The van der Waals surface area contributed by atoms with E-state index in [1.807, 2.05) is 32.0 Å². The van der Waals surface area contributed by atoms with E-state index in [-0.39, 0.29) is 12.5 Å². The quantitative estimate of drug-likeness (QED) is 0.588. The van der Waals surface area contributed by atoms with Gasteiger partial charge in [0.2, 0.25) is 0 Å². The van der Waals surface area contributed by atoms with Crippen LogP contribution >= 0.6 is 0 Å². The van der Waals surface area contributed by atoms with Gasteiger partial charge in [-0.3, -0.25) is 4.79 Å². The molecule has 0 radical (unpaired) electrons. The van der Waals surface area contributed by atoms with Crippen LogP contribution in [-0.2, 0) is 4.74 Å². The Balaban J connectivity index is 1.80. The summed E-state index contributed by atoms with van der Waals surface area (Å²) in [6.45, 7) is 6.02. The van der Waals surface area contributed by atoms with Gasteiger partial charge in [0.05, 0.1) is 17.9 Å². The number of hydrogen-bond donors (Lipinski definition) is 2. The van der Waals surface area contributed by atoms with Crippen LogP contribution in [0.4, 0.5) is 17.2 Å². The third-order valence-electron chi connectivity index (χ3n) is 4.35. The van der Waals surface area contributed by atoms with Gasteiger partial charge in [-0.15, -0.1) is 0 Å². The van der Waals surface area contributed by atoms with Gasteiger partial charge in [0, 0.05) is 17.4 Å². The number of nitrogens with zero attached hydrogens (tertiary/aromatic N) is 1. The van der Waals surface area contributed by atoms with Crippen LogP contribution in [-0.4, -0.2) is 23.5 Å². The van der Waals surface area contributed by atoms with Crippen molar-refractivity contribution in [2.75, 3.05) is 17.2 Å². The fraction of sp³-hybridized carbons (Fsp3) is 0.174. The van der Waals surface area contributed by atoms with Gasteiger partial charge < -0.3 is 15.4 Å². The molecule has 1 amide bonds. The van der Waals surface area contributed by atoms with E-state index >= 15 is 0 Å². The SMILES string of the molecule is CCOC(=O)c1ccccc1NC(=O)c1ccnc(Nc2cc(C)ccc2C)c1. The first-order valence-electron chi connectivity index (χ1n) is 9.35. The number of carbonyl (C=O) groups excluding carboxylic acids is 2. The van der Waals surface area contributed by atoms with Crippen LogP contribution in [0, 0.1) is 13.8 Å². The molecular formula is C23H23N3O3. The molecule has 0 spiro atoms. The lowest BCUT2D eigenvalue weighted by Crippen LogP contribution is -2.16. The van der Waals surface area contributed by atoms with Gasteiger partial charge in [0.15, 0.2) is 0 Å². The Morgan fingerprint density at radius 3 is 2.59 bits per heavy atom. The summed E-state index contributed by atoms with van der Waals surface area (Å²) >= 11 is 0. The second-order valence-corrected chi connectivity index (χ2v) is 6.59. The summed E-state index contributed by atoms with van der Waals surface area (Å²) in [6, 6.07) is 16.1. The van der Waals surface area contributed by atoms with Crippen LogP contribution < -0.4 is 10.6 Å². The number of carbonyl (C=O) groups is 2. The molecule has 0 atom stereocenters. The van der Waals surface area contributed by atoms with E-state index in [9.17, 15) is 9.59 Å². The molecule has 2 N–H and O–H groups in total. The van der Waals surface area contributed by atoms with Crippen LogP contribution in [0.15, 0.2) is 60.8 Å². The molecular weight excluding hydrogens is 366 g/mol. The number of anilines is 3. The minimum atomic E-state index is -0.476. The fourth-order valence-electron chi connectivity index (χ4n) is 2.82. The molecule has 6 heteroatoms. The monoisotopic (exact) mass is 389 g/mol. The van der Waals surface area contributed by atoms with Crippen molar-refractivity contribution in [3.05, 3.63) is 83.0 Å². The number of amides is 1. The van der Waals surface area contributed by atoms with Gasteiger partial charge in [-0.2, -0.15) is 0 Å². The zero-order valence-corrected chi connectivity index (χ0v) is 16.7. The first-order valence-corrected chi connectivity index (χ1v) is 9.35. The Hall–Kier alpha value is -3.67. The average Bonchev–Trinajstić information content (AvgIpc) is 2.71. The number of rotatable bonds is 6. The van der Waals surface area contributed by atoms with E-state index in [0.717, 1.165) is 16.8 Å². The summed E-state index contributed by atoms with van der Waals surface area (Å²) < 4.78 is 5.05. The summed E-state index contributed by atoms with van der Waals surface area (Å²) in [7, 11) is 0. The molecule has 3 aromatic rings. The maximum absolute atomic E-state index is 12.8. The molecule has 0 aliphatic rings. The van der Waals surface area contributed by atoms with Crippen molar-refractivity contribution in [1.29, 1.82) is 0 Å². The van der Waals surface area contributed by atoms with Crippen LogP contribution in [0.2, 0.25) is 0 Å². The molecule has 1 heterocycles. The molecule has 0 aliphatic carbocycles. The summed E-state index contributed by atoms with van der Waals surface area (Å²) in [6.07, 6.45) is 1.57. The number of benzene rings is 2. The van der Waals surface area contributed by atoms with E-state index in [1.165, 1.54) is 0 Å². The van der Waals surface area contributed by atoms with Gasteiger partial charge >= 0.3 is 5.97 Å². The van der Waals surface area contributed by atoms with Crippen molar-refractivity contribution in [3.63, 3.8) is 0 Å². The van der Waals surface area contributed by atoms with Crippen molar-refractivity contribution in [2.45, 2.75) is 20.8 Å². The summed E-state index contributed by atoms with van der Waals surface area (Å²) in [4.78, 5) is 29.2. The van der Waals surface area contributed by atoms with Crippen molar-refractivity contribution in [3.8, 4) is 0 Å². The number of pyridine rings is 1. The highest BCUT2D eigenvalue weighted by molar-refractivity contribution is 6.08. The molecule has 0 bridgehead atoms. The summed E-state index contributed by atoms with van der Waals surface area (Å²) in [5.74, 6) is -0.256. The summed E-state index contributed by atoms with van der Waals surface area (Å²) in [5.41, 5.74) is 4.27. The number of hydrogen-bond acceptors (Lipinski definition) is 5. The predicted molar refractivity (Wildman–Crippen MR) is 114 cm³/mol. The lowest BCUT2D eigenvalue weighted by atomic mass is 10.1. The first kappa shape index (κ1) is 20.1. The van der Waals surface area contributed by atoms with Crippen LogP contribution in [0.1, 0.15) is 38.8 Å². The Bertz CT molecular complexity index is 1050. The smallest absolute Gasteiger partial charge is 0.340 e. The van der Waals surface area contributed by atoms with Crippen molar-refractivity contribution in [1.82, 2.24) is 4.98 Å². The lowest BCUT2D eigenvalue weighted by Gasteiger charge is -2.12. The van der Waals surface area contributed by atoms with Crippen LogP contribution in [0.25, 0.3) is 0 Å². The van der Waals surface area contributed by atoms with Gasteiger partial charge in [-0.1, -0.05) is 24.3 Å². The molecule has 2 aromatic carbocycles. The number of esters is 1. The highest BCUT2D eigenvalue weighted by Gasteiger charge is 2.15. The predicted octanol–water partition coefficient (Wildman–Crippen LogP) is 4.87. The number of aromatic nitrogens is 1. The molecule has 148 valence electrons. The molecule has 0 saturated heterocycles. The third-order valence-corrected chi connectivity index (χ3v) is 4.35. The second kappa shape index (κ2) is 9.01. The highest BCUT2D eigenvalue weighted by Crippen LogP contribution is 2.22. The van der Waals surface area contributed by atoms with Crippen molar-refractivity contribution in [2.24, 2.45) is 0 Å². The standard InChI is InChI=1S/C23H23N3O3/c1-4-29-23(28)18-7-5-6-8-19(18)26-22(27)17-11-12-24-21(14-17)25-20-13-15(2)9-10-16(20)3/h5-14H,4H2,1-3H3,(H,24,25)(H,26,27). The van der Waals surface area contributed by atoms with E-state index in [2.05, 4.69) is 15.6 Å². The topological polar surface area (TPSA) is 80.3 Å². The maximum atomic E-state index is 12.8. The third kappa shape index (κ3) is 4.99. The van der Waals surface area contributed by atoms with Gasteiger partial charge in [0.1, 0.15) is 5.82 Å². The molecule has 3 rings (SSSR count). The van der Waals surface area contributed by atoms with Gasteiger partial charge in [-0.25, -0.2) is 9.78 Å². The number of para-hydroxylation sites is 1. The van der Waals surface area contributed by atoms with E-state index in [1.54, 1.807) is 49.5 Å². The van der Waals surface area contributed by atoms with Crippen LogP contribution in [0.3, 0.4) is 0 Å². The second-order valence-electron chi connectivity index (χ2n) is 6.59.